The molecule has 5 aliphatic rings. The van der Waals surface area contributed by atoms with Crippen LogP contribution >= 0.6 is 11.6 Å². The highest BCUT2D eigenvalue weighted by Crippen LogP contribution is 2.65. The molecule has 0 radical (unpaired) electrons. The van der Waals surface area contributed by atoms with Gasteiger partial charge in [0.25, 0.3) is 5.92 Å². The zero-order valence-corrected chi connectivity index (χ0v) is 29.0. The summed E-state index contributed by atoms with van der Waals surface area (Å²) in [6.45, 7) is 11.6. The lowest BCUT2D eigenvalue weighted by Crippen LogP contribution is -2.57. The highest BCUT2D eigenvalue weighted by atomic mass is 35.5. The maximum absolute atomic E-state index is 14.7. The maximum atomic E-state index is 14.7. The summed E-state index contributed by atoms with van der Waals surface area (Å²) in [7, 11) is 0. The van der Waals surface area contributed by atoms with Gasteiger partial charge in [-0.25, -0.2) is 23.5 Å². The normalized spacial score (nSPS) is 27.7. The predicted octanol–water partition coefficient (Wildman–Crippen LogP) is 7.21. The fourth-order valence-corrected chi connectivity index (χ4v) is 8.94. The minimum Gasteiger partial charge on any atom is -0.444 e. The Bertz CT molecular complexity index is 1820. The van der Waals surface area contributed by atoms with E-state index in [4.69, 9.17) is 21.3 Å². The Labute approximate surface area is 284 Å². The van der Waals surface area contributed by atoms with Crippen LogP contribution in [0.25, 0.3) is 22.3 Å². The van der Waals surface area contributed by atoms with E-state index in [2.05, 4.69) is 29.8 Å². The van der Waals surface area contributed by atoms with Gasteiger partial charge in [0.1, 0.15) is 11.1 Å². The van der Waals surface area contributed by atoms with E-state index in [1.807, 2.05) is 48.4 Å². The van der Waals surface area contributed by atoms with Crippen molar-refractivity contribution in [2.75, 3.05) is 31.1 Å². The molecular formula is C36H43ClF2N6O3. The van der Waals surface area contributed by atoms with Crippen molar-refractivity contribution in [3.05, 3.63) is 41.3 Å². The molecule has 8 rings (SSSR count). The summed E-state index contributed by atoms with van der Waals surface area (Å²) in [5.41, 5.74) is 2.70. The number of halogens is 3. The third-order valence-corrected chi connectivity index (χ3v) is 11.9. The van der Waals surface area contributed by atoms with Gasteiger partial charge in [0, 0.05) is 55.4 Å². The minimum atomic E-state index is -2.54. The van der Waals surface area contributed by atoms with Crippen molar-refractivity contribution >= 4 is 40.3 Å². The van der Waals surface area contributed by atoms with Crippen molar-refractivity contribution in [3.8, 4) is 11.3 Å². The third kappa shape index (κ3) is 4.85. The first-order valence-electron chi connectivity index (χ1n) is 17.2. The Morgan fingerprint density at radius 1 is 1.06 bits per heavy atom. The van der Waals surface area contributed by atoms with E-state index in [0.717, 1.165) is 40.7 Å². The number of carbonyl (C=O) groups is 2. The van der Waals surface area contributed by atoms with Gasteiger partial charge in [-0.15, -0.1) is 0 Å². The number of amides is 2. The number of benzene rings is 1. The number of alkyl halides is 2. The molecule has 9 nitrogen and oxygen atoms in total. The number of aromatic nitrogens is 3. The largest absolute Gasteiger partial charge is 0.444 e. The molecule has 256 valence electrons. The minimum absolute atomic E-state index is 0.00218. The monoisotopic (exact) mass is 680 g/mol. The molecule has 1 aromatic carbocycles. The van der Waals surface area contributed by atoms with E-state index < -0.39 is 22.4 Å². The molecule has 2 saturated heterocycles. The second-order valence-electron chi connectivity index (χ2n) is 16.0. The van der Waals surface area contributed by atoms with Crippen LogP contribution in [-0.4, -0.2) is 86.1 Å². The van der Waals surface area contributed by atoms with Crippen molar-refractivity contribution < 1.29 is 23.1 Å². The van der Waals surface area contributed by atoms with Crippen molar-refractivity contribution in [1.82, 2.24) is 24.3 Å². The summed E-state index contributed by atoms with van der Waals surface area (Å²) in [4.78, 5) is 42.9. The van der Waals surface area contributed by atoms with Gasteiger partial charge in [-0.3, -0.25) is 9.69 Å². The molecule has 2 saturated carbocycles. The number of imidazole rings is 1. The summed E-state index contributed by atoms with van der Waals surface area (Å²) in [6.07, 6.45) is 4.45. The summed E-state index contributed by atoms with van der Waals surface area (Å²) in [5.74, 6) is -2.48. The fourth-order valence-electron chi connectivity index (χ4n) is 8.65. The van der Waals surface area contributed by atoms with Crippen molar-refractivity contribution in [3.63, 3.8) is 0 Å². The Morgan fingerprint density at radius 3 is 2.40 bits per heavy atom. The molecule has 5 heterocycles. The number of carbonyl (C=O) groups excluding carboxylic acids is 2. The van der Waals surface area contributed by atoms with Crippen LogP contribution < -0.4 is 4.90 Å². The van der Waals surface area contributed by atoms with Gasteiger partial charge in [-0.2, -0.15) is 0 Å². The molecule has 4 fully saturated rings. The van der Waals surface area contributed by atoms with Crippen molar-refractivity contribution in [2.24, 2.45) is 5.41 Å². The Morgan fingerprint density at radius 2 is 1.77 bits per heavy atom. The molecule has 3 aliphatic heterocycles. The molecule has 2 spiro atoms. The van der Waals surface area contributed by atoms with Crippen LogP contribution in [0.15, 0.2) is 30.6 Å². The average molecular weight is 681 g/mol. The van der Waals surface area contributed by atoms with Crippen molar-refractivity contribution in [1.29, 1.82) is 0 Å². The summed E-state index contributed by atoms with van der Waals surface area (Å²) < 4.78 is 35.9. The number of hydrogen-bond acceptors (Lipinski definition) is 6. The molecular weight excluding hydrogens is 638 g/mol. The van der Waals surface area contributed by atoms with Crippen LogP contribution in [0.3, 0.4) is 0 Å². The summed E-state index contributed by atoms with van der Waals surface area (Å²) >= 11 is 6.74. The van der Waals surface area contributed by atoms with Gasteiger partial charge in [0.2, 0.25) is 5.91 Å². The summed E-state index contributed by atoms with van der Waals surface area (Å²) in [5, 5.41) is 0.375. The summed E-state index contributed by atoms with van der Waals surface area (Å²) in [6, 6.07) is 8.38. The van der Waals surface area contributed by atoms with E-state index in [0.29, 0.717) is 56.3 Å². The first-order valence-corrected chi connectivity index (χ1v) is 17.6. The number of piperidine rings is 1. The number of pyridine rings is 1. The smallest absolute Gasteiger partial charge is 0.410 e. The van der Waals surface area contributed by atoms with Gasteiger partial charge in [0.15, 0.2) is 5.15 Å². The van der Waals surface area contributed by atoms with Crippen LogP contribution in [0, 0.1) is 5.41 Å². The SMILES string of the molecule is CC(C)n1cnc2cc(-c3ccc4c(c3)N(C3CC(N5CCC6(C5)CC6(F)F)C3)C(=O)C43CCN(C(=O)OC(C)(C)C)CC3)nc(Cl)c21. The van der Waals surface area contributed by atoms with Crippen LogP contribution in [0.4, 0.5) is 19.3 Å². The maximum Gasteiger partial charge on any atom is 0.410 e. The van der Waals surface area contributed by atoms with Gasteiger partial charge in [-0.1, -0.05) is 23.7 Å². The van der Waals surface area contributed by atoms with Gasteiger partial charge >= 0.3 is 6.09 Å². The number of fused-ring (bicyclic) bond motifs is 3. The first-order chi connectivity index (χ1) is 22.6. The molecule has 48 heavy (non-hydrogen) atoms. The van der Waals surface area contributed by atoms with E-state index in [9.17, 15) is 18.4 Å². The average Bonchev–Trinajstić information content (AvgIpc) is 3.39. The quantitative estimate of drug-likeness (QED) is 0.271. The van der Waals surface area contributed by atoms with Gasteiger partial charge < -0.3 is 19.1 Å². The molecule has 1 atom stereocenters. The lowest BCUT2D eigenvalue weighted by molar-refractivity contribution is -0.126. The first kappa shape index (κ1) is 31.9. The Balaban J connectivity index is 1.10. The molecule has 0 N–H and O–H groups in total. The van der Waals surface area contributed by atoms with E-state index >= 15 is 0 Å². The number of ether oxygens (including phenoxy) is 1. The molecule has 3 aromatic rings. The van der Waals surface area contributed by atoms with Gasteiger partial charge in [-0.05, 0) is 91.0 Å². The van der Waals surface area contributed by atoms with Crippen molar-refractivity contribution in [2.45, 2.75) is 108 Å². The highest BCUT2D eigenvalue weighted by molar-refractivity contribution is 6.34. The number of rotatable bonds is 4. The van der Waals surface area contributed by atoms with Crippen LogP contribution in [0.2, 0.25) is 5.15 Å². The third-order valence-electron chi connectivity index (χ3n) is 11.6. The van der Waals surface area contributed by atoms with Crippen LogP contribution in [0.1, 0.15) is 84.7 Å². The lowest BCUT2D eigenvalue weighted by atomic mass is 9.73. The standard InChI is InChI=1S/C36H43ClF2N6O3/c1-21(2)44-20-40-27-17-26(41-30(37)29(27)44)22-6-7-25-28(14-22)45(24-15-23(16-24)43-11-8-34(19-43)18-36(34,38)39)31(46)35(25)9-12-42(13-10-35)32(47)48-33(3,4)5/h6-7,14,17,20-21,23-24H,8-13,15-16,18-19H2,1-5H3. The number of likely N-dealkylation sites (tertiary alicyclic amines) is 2. The topological polar surface area (TPSA) is 83.8 Å². The molecule has 1 unspecified atom stereocenters. The molecule has 2 amide bonds. The van der Waals surface area contributed by atoms with Crippen LogP contribution in [0.5, 0.6) is 0 Å². The van der Waals surface area contributed by atoms with Crippen LogP contribution in [-0.2, 0) is 14.9 Å². The number of hydrogen-bond donors (Lipinski definition) is 0. The van der Waals surface area contributed by atoms with Gasteiger partial charge in [0.05, 0.1) is 28.4 Å². The van der Waals surface area contributed by atoms with E-state index in [1.165, 1.54) is 0 Å². The second kappa shape index (κ2) is 10.6. The molecule has 2 aromatic heterocycles. The zero-order valence-electron chi connectivity index (χ0n) is 28.2. The molecule has 12 heteroatoms. The lowest BCUT2D eigenvalue weighted by Gasteiger charge is -2.46. The second-order valence-corrected chi connectivity index (χ2v) is 16.4. The molecule has 0 bridgehead atoms. The molecule has 2 aliphatic carbocycles. The Hall–Kier alpha value is -3.31. The number of anilines is 1. The number of nitrogens with zero attached hydrogens (tertiary/aromatic N) is 6. The zero-order chi connectivity index (χ0) is 34.0. The van der Waals surface area contributed by atoms with E-state index in [-0.39, 0.29) is 36.5 Å². The van der Waals surface area contributed by atoms with E-state index in [1.54, 1.807) is 11.2 Å². The highest BCUT2D eigenvalue weighted by Gasteiger charge is 2.73. The Kier molecular flexibility index (Phi) is 7.05. The fraction of sp³-hybridized carbons (Fsp3) is 0.611. The predicted molar refractivity (Wildman–Crippen MR) is 180 cm³/mol.